The average molecular weight is 297 g/mol. The van der Waals surface area contributed by atoms with E-state index in [1.165, 1.54) is 6.07 Å². The van der Waals surface area contributed by atoms with Crippen LogP contribution < -0.4 is 11.1 Å². The normalized spacial score (nSPS) is 10.6. The lowest BCUT2D eigenvalue weighted by Crippen LogP contribution is -2.35. The molecule has 20 heavy (non-hydrogen) atoms. The number of likely N-dealkylation sites (N-methyl/N-ethyl adjacent to an activating group) is 1. The maximum absolute atomic E-state index is 13.7. The van der Waals surface area contributed by atoms with Gasteiger partial charge in [-0.05, 0) is 31.7 Å². The first-order valence-electron chi connectivity index (χ1n) is 6.47. The zero-order valence-electron chi connectivity index (χ0n) is 11.8. The predicted octanol–water partition coefficient (Wildman–Crippen LogP) is 1.42. The summed E-state index contributed by atoms with van der Waals surface area (Å²) >= 11 is 4.87. The van der Waals surface area contributed by atoms with Crippen LogP contribution in [0.2, 0.25) is 0 Å². The molecule has 0 saturated heterocycles. The number of nitrogens with one attached hydrogen (secondary N) is 1. The van der Waals surface area contributed by atoms with Crippen molar-refractivity contribution < 1.29 is 9.18 Å². The molecule has 0 spiro atoms. The molecule has 0 bridgehead atoms. The first-order chi connectivity index (χ1) is 9.43. The highest BCUT2D eigenvalue weighted by Gasteiger charge is 2.10. The molecule has 0 aliphatic carbocycles. The largest absolute Gasteiger partial charge is 0.389 e. The molecule has 0 atom stereocenters. The van der Waals surface area contributed by atoms with Crippen LogP contribution in [0.4, 0.5) is 4.39 Å². The van der Waals surface area contributed by atoms with Gasteiger partial charge in [-0.3, -0.25) is 9.69 Å². The minimum absolute atomic E-state index is 0.0692. The fraction of sp³-hybridized carbons (Fsp3) is 0.429. The number of carbonyl (C=O) groups is 1. The van der Waals surface area contributed by atoms with Gasteiger partial charge in [0, 0.05) is 24.2 Å². The fourth-order valence-corrected chi connectivity index (χ4v) is 1.89. The van der Waals surface area contributed by atoms with Crippen LogP contribution in [-0.4, -0.2) is 35.9 Å². The molecule has 0 saturated carbocycles. The lowest BCUT2D eigenvalue weighted by molar-refractivity contribution is -0.122. The Morgan fingerprint density at radius 3 is 2.80 bits per heavy atom. The van der Waals surface area contributed by atoms with Crippen molar-refractivity contribution >= 4 is 23.1 Å². The summed E-state index contributed by atoms with van der Waals surface area (Å²) in [4.78, 5) is 13.5. The summed E-state index contributed by atoms with van der Waals surface area (Å²) in [6, 6.07) is 4.52. The molecule has 3 N–H and O–H groups in total. The zero-order valence-corrected chi connectivity index (χ0v) is 12.6. The Morgan fingerprint density at radius 1 is 1.50 bits per heavy atom. The highest BCUT2D eigenvalue weighted by atomic mass is 32.1. The van der Waals surface area contributed by atoms with E-state index < -0.39 is 0 Å². The van der Waals surface area contributed by atoms with Gasteiger partial charge in [-0.25, -0.2) is 4.39 Å². The van der Waals surface area contributed by atoms with Crippen LogP contribution >= 0.6 is 12.2 Å². The van der Waals surface area contributed by atoms with Gasteiger partial charge in [-0.15, -0.1) is 0 Å². The smallest absolute Gasteiger partial charge is 0.234 e. The molecule has 0 aliphatic rings. The molecule has 4 nitrogen and oxygen atoms in total. The Balaban J connectivity index is 2.65. The lowest BCUT2D eigenvalue weighted by Gasteiger charge is -2.17. The molecule has 6 heteroatoms. The Labute approximate surface area is 124 Å². The van der Waals surface area contributed by atoms with Crippen LogP contribution in [0.3, 0.4) is 0 Å². The molecular weight excluding hydrogens is 277 g/mol. The number of benzene rings is 1. The summed E-state index contributed by atoms with van der Waals surface area (Å²) in [5.41, 5.74) is 6.63. The van der Waals surface area contributed by atoms with Crippen LogP contribution in [-0.2, 0) is 11.3 Å². The zero-order chi connectivity index (χ0) is 15.1. The monoisotopic (exact) mass is 297 g/mol. The van der Waals surface area contributed by atoms with Gasteiger partial charge in [0.2, 0.25) is 5.91 Å². The summed E-state index contributed by atoms with van der Waals surface area (Å²) < 4.78 is 13.7. The van der Waals surface area contributed by atoms with Crippen molar-refractivity contribution in [2.24, 2.45) is 5.73 Å². The molecule has 0 radical (unpaired) electrons. The number of nitrogens with zero attached hydrogens (tertiary/aromatic N) is 1. The number of rotatable bonds is 7. The Bertz CT molecular complexity index is 493. The van der Waals surface area contributed by atoms with E-state index in [1.54, 1.807) is 24.1 Å². The van der Waals surface area contributed by atoms with Crippen molar-refractivity contribution in [3.8, 4) is 0 Å². The highest BCUT2D eigenvalue weighted by molar-refractivity contribution is 7.80. The van der Waals surface area contributed by atoms with Crippen molar-refractivity contribution in [2.75, 3.05) is 20.1 Å². The van der Waals surface area contributed by atoms with Crippen LogP contribution in [0, 0.1) is 5.82 Å². The quantitative estimate of drug-likeness (QED) is 0.747. The van der Waals surface area contributed by atoms with E-state index >= 15 is 0 Å². The summed E-state index contributed by atoms with van der Waals surface area (Å²) in [5.74, 6) is -0.397. The summed E-state index contributed by atoms with van der Waals surface area (Å²) in [6.45, 7) is 3.18. The van der Waals surface area contributed by atoms with Crippen LogP contribution in [0.15, 0.2) is 18.2 Å². The first-order valence-corrected chi connectivity index (χ1v) is 6.88. The van der Waals surface area contributed by atoms with E-state index in [2.05, 4.69) is 5.32 Å². The van der Waals surface area contributed by atoms with Crippen LogP contribution in [0.1, 0.15) is 24.5 Å². The molecule has 0 unspecified atom stereocenters. The molecule has 0 aromatic heterocycles. The van der Waals surface area contributed by atoms with Gasteiger partial charge in [0.15, 0.2) is 0 Å². The van der Waals surface area contributed by atoms with Gasteiger partial charge >= 0.3 is 0 Å². The second kappa shape index (κ2) is 7.91. The molecule has 0 aliphatic heterocycles. The summed E-state index contributed by atoms with van der Waals surface area (Å²) in [6.07, 6.45) is 0.889. The minimum atomic E-state index is -0.328. The number of hydrogen-bond acceptors (Lipinski definition) is 3. The second-order valence-corrected chi connectivity index (χ2v) is 5.13. The number of thiocarbonyl (C=S) groups is 1. The number of nitrogens with two attached hydrogens (primary N) is 1. The van der Waals surface area contributed by atoms with Gasteiger partial charge in [-0.1, -0.05) is 19.1 Å². The topological polar surface area (TPSA) is 58.4 Å². The number of hydrogen-bond donors (Lipinski definition) is 2. The van der Waals surface area contributed by atoms with Crippen LogP contribution in [0.25, 0.3) is 0 Å². The van der Waals surface area contributed by atoms with Gasteiger partial charge in [0.25, 0.3) is 0 Å². The Hall–Kier alpha value is -1.53. The van der Waals surface area contributed by atoms with E-state index in [9.17, 15) is 9.18 Å². The standard InChI is InChI=1S/C14H20FN3OS/c1-3-6-17-13(19)9-18(2)8-11-7-10(14(16)20)4-5-12(11)15/h4-5,7H,3,6,8-9H2,1-2H3,(H2,16,20)(H,17,19). The molecule has 1 aromatic carbocycles. The van der Waals surface area contributed by atoms with Crippen molar-refractivity contribution in [3.63, 3.8) is 0 Å². The molecule has 110 valence electrons. The Morgan fingerprint density at radius 2 is 2.20 bits per heavy atom. The van der Waals surface area contributed by atoms with Gasteiger partial charge in [0.1, 0.15) is 10.8 Å². The van der Waals surface area contributed by atoms with Crippen molar-refractivity contribution in [3.05, 3.63) is 35.1 Å². The Kier molecular flexibility index (Phi) is 6.54. The molecular formula is C14H20FN3OS. The third-order valence-electron chi connectivity index (χ3n) is 2.76. The first kappa shape index (κ1) is 16.5. The maximum Gasteiger partial charge on any atom is 0.234 e. The second-order valence-electron chi connectivity index (χ2n) is 4.69. The third kappa shape index (κ3) is 5.22. The average Bonchev–Trinajstić information content (AvgIpc) is 2.38. The van der Waals surface area contributed by atoms with E-state index in [4.69, 9.17) is 18.0 Å². The SMILES string of the molecule is CCCNC(=O)CN(C)Cc1cc(C(N)=S)ccc1F. The highest BCUT2D eigenvalue weighted by Crippen LogP contribution is 2.12. The predicted molar refractivity (Wildman–Crippen MR) is 81.9 cm³/mol. The molecule has 0 heterocycles. The van der Waals surface area contributed by atoms with E-state index in [-0.39, 0.29) is 23.3 Å². The number of halogens is 1. The summed E-state index contributed by atoms with van der Waals surface area (Å²) in [7, 11) is 1.76. The molecule has 1 rings (SSSR count). The molecule has 1 amide bonds. The van der Waals surface area contributed by atoms with Crippen molar-refractivity contribution in [2.45, 2.75) is 19.9 Å². The molecule has 1 aromatic rings. The van der Waals surface area contributed by atoms with Gasteiger partial charge in [-0.2, -0.15) is 0 Å². The maximum atomic E-state index is 13.7. The molecule has 0 fully saturated rings. The van der Waals surface area contributed by atoms with Crippen molar-refractivity contribution in [1.82, 2.24) is 10.2 Å². The van der Waals surface area contributed by atoms with Crippen LogP contribution in [0.5, 0.6) is 0 Å². The van der Waals surface area contributed by atoms with Gasteiger partial charge < -0.3 is 11.1 Å². The van der Waals surface area contributed by atoms with E-state index in [0.717, 1.165) is 6.42 Å². The van der Waals surface area contributed by atoms with E-state index in [0.29, 0.717) is 24.2 Å². The fourth-order valence-electron chi connectivity index (χ4n) is 1.76. The lowest BCUT2D eigenvalue weighted by atomic mass is 10.1. The van der Waals surface area contributed by atoms with Crippen molar-refractivity contribution in [1.29, 1.82) is 0 Å². The number of carbonyl (C=O) groups excluding carboxylic acids is 1. The third-order valence-corrected chi connectivity index (χ3v) is 2.99. The van der Waals surface area contributed by atoms with E-state index in [1.807, 2.05) is 6.92 Å². The summed E-state index contributed by atoms with van der Waals surface area (Å²) in [5, 5.41) is 2.78. The number of amides is 1. The minimum Gasteiger partial charge on any atom is -0.389 e. The van der Waals surface area contributed by atoms with Gasteiger partial charge in [0.05, 0.1) is 6.54 Å².